The van der Waals surface area contributed by atoms with Gasteiger partial charge < -0.3 is 5.11 Å². The molecule has 20 heavy (non-hydrogen) atoms. The second kappa shape index (κ2) is 5.19. The van der Waals surface area contributed by atoms with Crippen LogP contribution in [0.25, 0.3) is 0 Å². The van der Waals surface area contributed by atoms with E-state index in [0.717, 1.165) is 18.9 Å². The zero-order chi connectivity index (χ0) is 15.0. The minimum atomic E-state index is -3.59. The molecule has 0 unspecified atom stereocenters. The normalized spacial score (nSPS) is 16.4. The Morgan fingerprint density at radius 2 is 2.10 bits per heavy atom. The molecule has 1 aliphatic rings. The van der Waals surface area contributed by atoms with Crippen molar-refractivity contribution in [3.8, 4) is 6.07 Å². The number of carboxylic acids is 1. The predicted octanol–water partition coefficient (Wildman–Crippen LogP) is 2.61. The first-order valence-corrected chi connectivity index (χ1v) is 8.37. The van der Waals surface area contributed by atoms with Gasteiger partial charge >= 0.3 is 5.97 Å². The molecule has 0 aromatic heterocycles. The Bertz CT molecular complexity index is 702. The second-order valence-corrected chi connectivity index (χ2v) is 7.88. The molecule has 0 radical (unpaired) electrons. The van der Waals surface area contributed by atoms with Crippen LogP contribution in [0.15, 0.2) is 27.6 Å². The lowest BCUT2D eigenvalue weighted by Crippen LogP contribution is -2.17. The summed E-state index contributed by atoms with van der Waals surface area (Å²) in [4.78, 5) is 11.0. The lowest BCUT2D eigenvalue weighted by Gasteiger charge is -2.12. The average Bonchev–Trinajstić information content (AvgIpc) is 3.08. The summed E-state index contributed by atoms with van der Waals surface area (Å²) in [7, 11) is -3.59. The summed E-state index contributed by atoms with van der Waals surface area (Å²) in [5.41, 5.74) is -0.527. The van der Waals surface area contributed by atoms with Crippen LogP contribution in [-0.4, -0.2) is 25.2 Å². The fourth-order valence-electron chi connectivity index (χ4n) is 2.06. The molecule has 0 atom stereocenters. The van der Waals surface area contributed by atoms with Crippen molar-refractivity contribution >= 4 is 31.7 Å². The van der Waals surface area contributed by atoms with Gasteiger partial charge in [0.2, 0.25) is 0 Å². The van der Waals surface area contributed by atoms with Gasteiger partial charge in [-0.2, -0.15) is 5.26 Å². The third-order valence-electron chi connectivity index (χ3n) is 3.43. The summed E-state index contributed by atoms with van der Waals surface area (Å²) < 4.78 is 25.0. The van der Waals surface area contributed by atoms with Crippen molar-refractivity contribution in [2.45, 2.75) is 24.2 Å². The molecule has 7 heteroatoms. The predicted molar refractivity (Wildman–Crippen MR) is 75.1 cm³/mol. The number of halogens is 1. The average molecular weight is 358 g/mol. The highest BCUT2D eigenvalue weighted by molar-refractivity contribution is 9.10. The van der Waals surface area contributed by atoms with E-state index >= 15 is 0 Å². The van der Waals surface area contributed by atoms with E-state index in [2.05, 4.69) is 15.9 Å². The molecule has 1 fully saturated rings. The molecular formula is C13H12BrNO4S. The standard InChI is InChI=1S/C13H12BrNO4S/c14-11-2-1-9(7-10(11)12(16)17)20(18,19)8-13(3-4-13)5-6-15/h1-2,7H,3-5,8H2,(H,16,17). The van der Waals surface area contributed by atoms with Gasteiger partial charge in [0.15, 0.2) is 9.84 Å². The number of nitriles is 1. The van der Waals surface area contributed by atoms with E-state index in [4.69, 9.17) is 10.4 Å². The van der Waals surface area contributed by atoms with Crippen LogP contribution in [0.5, 0.6) is 0 Å². The van der Waals surface area contributed by atoms with Crippen LogP contribution in [0.1, 0.15) is 29.6 Å². The fourth-order valence-corrected chi connectivity index (χ4v) is 4.42. The third-order valence-corrected chi connectivity index (χ3v) is 6.09. The molecule has 1 N–H and O–H groups in total. The number of nitrogens with zero attached hydrogens (tertiary/aromatic N) is 1. The van der Waals surface area contributed by atoms with E-state index < -0.39 is 21.2 Å². The Morgan fingerprint density at radius 3 is 2.60 bits per heavy atom. The molecule has 0 aliphatic heterocycles. The number of benzene rings is 1. The topological polar surface area (TPSA) is 95.2 Å². The number of aromatic carboxylic acids is 1. The molecule has 5 nitrogen and oxygen atoms in total. The highest BCUT2D eigenvalue weighted by atomic mass is 79.9. The Kier molecular flexibility index (Phi) is 3.89. The van der Waals surface area contributed by atoms with Gasteiger partial charge in [-0.05, 0) is 52.4 Å². The largest absolute Gasteiger partial charge is 0.478 e. The molecule has 1 saturated carbocycles. The van der Waals surface area contributed by atoms with E-state index in [-0.39, 0.29) is 22.6 Å². The maximum atomic E-state index is 12.3. The van der Waals surface area contributed by atoms with Crippen molar-refractivity contribution < 1.29 is 18.3 Å². The van der Waals surface area contributed by atoms with Crippen LogP contribution in [0, 0.1) is 16.7 Å². The van der Waals surface area contributed by atoms with Crippen LogP contribution in [0.2, 0.25) is 0 Å². The van der Waals surface area contributed by atoms with Crippen molar-refractivity contribution in [1.29, 1.82) is 5.26 Å². The molecule has 0 spiro atoms. The van der Waals surface area contributed by atoms with Crippen LogP contribution >= 0.6 is 15.9 Å². The highest BCUT2D eigenvalue weighted by Gasteiger charge is 2.46. The van der Waals surface area contributed by atoms with E-state index in [1.807, 2.05) is 6.07 Å². The summed E-state index contributed by atoms with van der Waals surface area (Å²) in [6.45, 7) is 0. The molecule has 1 aliphatic carbocycles. The summed E-state index contributed by atoms with van der Waals surface area (Å²) >= 11 is 3.08. The van der Waals surface area contributed by atoms with Gasteiger partial charge in [0.05, 0.1) is 22.3 Å². The van der Waals surface area contributed by atoms with Crippen LogP contribution < -0.4 is 0 Å². The minimum Gasteiger partial charge on any atom is -0.478 e. The molecule has 1 aromatic rings. The molecule has 2 rings (SSSR count). The number of carbonyl (C=O) groups is 1. The Hall–Kier alpha value is -1.39. The Morgan fingerprint density at radius 1 is 1.45 bits per heavy atom. The molecule has 1 aromatic carbocycles. The van der Waals surface area contributed by atoms with Gasteiger partial charge in [-0.25, -0.2) is 13.2 Å². The maximum Gasteiger partial charge on any atom is 0.336 e. The number of hydrogen-bond donors (Lipinski definition) is 1. The maximum absolute atomic E-state index is 12.3. The van der Waals surface area contributed by atoms with Gasteiger partial charge in [0.1, 0.15) is 0 Å². The van der Waals surface area contributed by atoms with Crippen molar-refractivity contribution in [1.82, 2.24) is 0 Å². The Balaban J connectivity index is 2.33. The van der Waals surface area contributed by atoms with Gasteiger partial charge in [0, 0.05) is 10.9 Å². The first kappa shape index (κ1) is 15.0. The molecular weight excluding hydrogens is 346 g/mol. The summed E-state index contributed by atoms with van der Waals surface area (Å²) in [5.74, 6) is -1.29. The van der Waals surface area contributed by atoms with Crippen LogP contribution in [0.4, 0.5) is 0 Å². The molecule has 106 valence electrons. The van der Waals surface area contributed by atoms with E-state index in [1.54, 1.807) is 0 Å². The zero-order valence-electron chi connectivity index (χ0n) is 10.5. The SMILES string of the molecule is N#CCC1(CS(=O)(=O)c2ccc(Br)c(C(=O)O)c2)CC1. The lowest BCUT2D eigenvalue weighted by atomic mass is 10.1. The summed E-state index contributed by atoms with van der Waals surface area (Å²) in [5, 5.41) is 17.8. The molecule has 0 amide bonds. The minimum absolute atomic E-state index is 0.0117. The van der Waals surface area contributed by atoms with E-state index in [1.165, 1.54) is 12.1 Å². The monoisotopic (exact) mass is 357 g/mol. The number of sulfone groups is 1. The van der Waals surface area contributed by atoms with Crippen LogP contribution in [-0.2, 0) is 9.84 Å². The molecule has 0 heterocycles. The summed E-state index contributed by atoms with van der Waals surface area (Å²) in [6, 6.07) is 5.97. The first-order valence-electron chi connectivity index (χ1n) is 5.92. The number of hydrogen-bond acceptors (Lipinski definition) is 4. The number of rotatable bonds is 5. The lowest BCUT2D eigenvalue weighted by molar-refractivity contribution is 0.0695. The van der Waals surface area contributed by atoms with Crippen molar-refractivity contribution in [2.24, 2.45) is 5.41 Å². The van der Waals surface area contributed by atoms with Crippen molar-refractivity contribution in [3.05, 3.63) is 28.2 Å². The zero-order valence-corrected chi connectivity index (χ0v) is 12.9. The van der Waals surface area contributed by atoms with Gasteiger partial charge in [-0.15, -0.1) is 0 Å². The smallest absolute Gasteiger partial charge is 0.336 e. The van der Waals surface area contributed by atoms with Gasteiger partial charge in [-0.3, -0.25) is 0 Å². The van der Waals surface area contributed by atoms with Crippen LogP contribution in [0.3, 0.4) is 0 Å². The van der Waals surface area contributed by atoms with Gasteiger partial charge in [-0.1, -0.05) is 0 Å². The Labute approximate surface area is 125 Å². The van der Waals surface area contributed by atoms with E-state index in [9.17, 15) is 13.2 Å². The van der Waals surface area contributed by atoms with Gasteiger partial charge in [0.25, 0.3) is 0 Å². The number of carboxylic acid groups (broad SMARTS) is 1. The second-order valence-electron chi connectivity index (χ2n) is 5.04. The molecule has 0 bridgehead atoms. The third kappa shape index (κ3) is 3.02. The molecule has 0 saturated heterocycles. The van der Waals surface area contributed by atoms with Crippen molar-refractivity contribution in [3.63, 3.8) is 0 Å². The highest BCUT2D eigenvalue weighted by Crippen LogP contribution is 2.50. The summed E-state index contributed by atoms with van der Waals surface area (Å²) in [6.07, 6.45) is 1.67. The first-order chi connectivity index (χ1) is 9.30. The quantitative estimate of drug-likeness (QED) is 0.873. The fraction of sp³-hybridized carbons (Fsp3) is 0.385. The van der Waals surface area contributed by atoms with E-state index in [0.29, 0.717) is 4.47 Å². The van der Waals surface area contributed by atoms with Crippen molar-refractivity contribution in [2.75, 3.05) is 5.75 Å².